The molecule has 1 fully saturated rings. The first-order valence-corrected chi connectivity index (χ1v) is 11.9. The van der Waals surface area contributed by atoms with E-state index in [-0.39, 0.29) is 18.7 Å². The molecular formula is C22H40N4O8. The molecule has 1 rings (SSSR count). The van der Waals surface area contributed by atoms with Crippen LogP contribution in [0.15, 0.2) is 0 Å². The fraction of sp³-hybridized carbons (Fsp3) is 0.818. The standard InChI is InChI=1S/C22H40N4O8/c1-17(27)26-10-2-5-19(26)22(31)25-18(6-7-20(28)29)21(30)24-9-4-12-33-14-16-34-15-13-32-11-3-8-23/h18-19H,2-16,23H2,1H3,(H,24,30)(H,25,31)(H,28,29). The van der Waals surface area contributed by atoms with Gasteiger partial charge in [0.05, 0.1) is 26.4 Å². The van der Waals surface area contributed by atoms with E-state index in [1.807, 2.05) is 0 Å². The van der Waals surface area contributed by atoms with Gasteiger partial charge < -0.3 is 40.6 Å². The lowest BCUT2D eigenvalue weighted by atomic mass is 10.1. The molecule has 2 unspecified atom stereocenters. The highest BCUT2D eigenvalue weighted by atomic mass is 16.5. The number of carbonyl (C=O) groups excluding carboxylic acids is 3. The van der Waals surface area contributed by atoms with Crippen molar-refractivity contribution in [3.8, 4) is 0 Å². The molecule has 196 valence electrons. The maximum absolute atomic E-state index is 12.6. The second-order valence-electron chi connectivity index (χ2n) is 7.99. The van der Waals surface area contributed by atoms with Crippen molar-refractivity contribution in [3.05, 3.63) is 0 Å². The molecule has 1 aliphatic heterocycles. The monoisotopic (exact) mass is 488 g/mol. The Morgan fingerprint density at radius 1 is 1.03 bits per heavy atom. The van der Waals surface area contributed by atoms with Crippen LogP contribution in [0.2, 0.25) is 0 Å². The third kappa shape index (κ3) is 12.8. The summed E-state index contributed by atoms with van der Waals surface area (Å²) in [7, 11) is 0. The van der Waals surface area contributed by atoms with E-state index in [1.165, 1.54) is 11.8 Å². The van der Waals surface area contributed by atoms with Gasteiger partial charge in [0.15, 0.2) is 0 Å². The van der Waals surface area contributed by atoms with Crippen LogP contribution < -0.4 is 16.4 Å². The van der Waals surface area contributed by atoms with Crippen LogP contribution in [-0.2, 0) is 33.4 Å². The number of aliphatic carboxylic acids is 1. The second-order valence-corrected chi connectivity index (χ2v) is 7.99. The van der Waals surface area contributed by atoms with Crippen molar-refractivity contribution in [2.45, 2.75) is 57.5 Å². The van der Waals surface area contributed by atoms with E-state index in [0.29, 0.717) is 78.5 Å². The Hall–Kier alpha value is -2.28. The van der Waals surface area contributed by atoms with Gasteiger partial charge in [-0.15, -0.1) is 0 Å². The zero-order valence-corrected chi connectivity index (χ0v) is 20.1. The Labute approximate surface area is 200 Å². The molecule has 0 aromatic rings. The number of carboxylic acids is 1. The van der Waals surface area contributed by atoms with Crippen LogP contribution in [0.4, 0.5) is 0 Å². The van der Waals surface area contributed by atoms with Crippen molar-refractivity contribution < 1.29 is 38.5 Å². The van der Waals surface area contributed by atoms with Crippen molar-refractivity contribution in [1.29, 1.82) is 0 Å². The SMILES string of the molecule is CC(=O)N1CCCC1C(=O)NC(CCC(=O)O)C(=O)NCCCOCCOCCOCCCN. The molecule has 2 atom stereocenters. The molecule has 5 N–H and O–H groups in total. The van der Waals surface area contributed by atoms with E-state index in [2.05, 4.69) is 10.6 Å². The number of likely N-dealkylation sites (tertiary alicyclic amines) is 1. The van der Waals surface area contributed by atoms with E-state index in [1.54, 1.807) is 0 Å². The van der Waals surface area contributed by atoms with Crippen LogP contribution >= 0.6 is 0 Å². The van der Waals surface area contributed by atoms with Crippen molar-refractivity contribution >= 4 is 23.7 Å². The summed E-state index contributed by atoms with van der Waals surface area (Å²) in [5, 5.41) is 14.3. The molecule has 0 aromatic heterocycles. The summed E-state index contributed by atoms with van der Waals surface area (Å²) < 4.78 is 16.1. The van der Waals surface area contributed by atoms with E-state index >= 15 is 0 Å². The number of carboxylic acid groups (broad SMARTS) is 1. The number of nitrogens with zero attached hydrogens (tertiary/aromatic N) is 1. The molecule has 1 aliphatic rings. The normalized spacial score (nSPS) is 16.3. The van der Waals surface area contributed by atoms with Gasteiger partial charge in [0.25, 0.3) is 0 Å². The third-order valence-electron chi connectivity index (χ3n) is 5.24. The average Bonchev–Trinajstić information content (AvgIpc) is 3.30. The molecular weight excluding hydrogens is 448 g/mol. The Morgan fingerprint density at radius 2 is 1.65 bits per heavy atom. The van der Waals surface area contributed by atoms with Gasteiger partial charge >= 0.3 is 5.97 Å². The minimum absolute atomic E-state index is 0.0382. The van der Waals surface area contributed by atoms with Gasteiger partial charge in [-0.2, -0.15) is 0 Å². The first-order chi connectivity index (χ1) is 16.4. The Balaban J connectivity index is 2.26. The van der Waals surface area contributed by atoms with Crippen molar-refractivity contribution in [3.63, 3.8) is 0 Å². The van der Waals surface area contributed by atoms with E-state index in [4.69, 9.17) is 25.1 Å². The summed E-state index contributed by atoms with van der Waals surface area (Å²) >= 11 is 0. The van der Waals surface area contributed by atoms with Crippen LogP contribution in [-0.4, -0.2) is 105 Å². The van der Waals surface area contributed by atoms with Crippen molar-refractivity contribution in [2.75, 3.05) is 59.3 Å². The molecule has 1 saturated heterocycles. The molecule has 12 heteroatoms. The Kier molecular flexibility index (Phi) is 15.8. The number of ether oxygens (including phenoxy) is 3. The molecule has 1 heterocycles. The van der Waals surface area contributed by atoms with Crippen LogP contribution in [0.5, 0.6) is 0 Å². The Morgan fingerprint density at radius 3 is 2.24 bits per heavy atom. The summed E-state index contributed by atoms with van der Waals surface area (Å²) in [6, 6.07) is -1.62. The molecule has 3 amide bonds. The Bertz CT molecular complexity index is 634. The predicted molar refractivity (Wildman–Crippen MR) is 123 cm³/mol. The molecule has 34 heavy (non-hydrogen) atoms. The minimum Gasteiger partial charge on any atom is -0.481 e. The number of rotatable bonds is 19. The second kappa shape index (κ2) is 18.1. The highest BCUT2D eigenvalue weighted by Gasteiger charge is 2.34. The van der Waals surface area contributed by atoms with Gasteiger partial charge in [-0.05, 0) is 38.6 Å². The van der Waals surface area contributed by atoms with Crippen LogP contribution in [0.25, 0.3) is 0 Å². The number of hydrogen-bond donors (Lipinski definition) is 4. The predicted octanol–water partition coefficient (Wildman–Crippen LogP) is -0.748. The summed E-state index contributed by atoms with van der Waals surface area (Å²) in [5.41, 5.74) is 5.37. The van der Waals surface area contributed by atoms with Gasteiger partial charge in [0.1, 0.15) is 12.1 Å². The first-order valence-electron chi connectivity index (χ1n) is 11.9. The highest BCUT2D eigenvalue weighted by Crippen LogP contribution is 2.17. The van der Waals surface area contributed by atoms with Gasteiger partial charge in [-0.3, -0.25) is 19.2 Å². The summed E-state index contributed by atoms with van der Waals surface area (Å²) in [6.45, 7) is 5.71. The molecule has 0 radical (unpaired) electrons. The lowest BCUT2D eigenvalue weighted by Gasteiger charge is -2.25. The molecule has 0 aliphatic carbocycles. The fourth-order valence-corrected chi connectivity index (χ4v) is 3.46. The van der Waals surface area contributed by atoms with Crippen LogP contribution in [0.3, 0.4) is 0 Å². The molecule has 0 spiro atoms. The van der Waals surface area contributed by atoms with Crippen molar-refractivity contribution in [1.82, 2.24) is 15.5 Å². The summed E-state index contributed by atoms with van der Waals surface area (Å²) in [6.07, 6.45) is 2.29. The molecule has 0 bridgehead atoms. The number of carbonyl (C=O) groups is 4. The first kappa shape index (κ1) is 29.8. The average molecular weight is 489 g/mol. The highest BCUT2D eigenvalue weighted by molar-refractivity contribution is 5.92. The molecule has 0 saturated carbocycles. The van der Waals surface area contributed by atoms with E-state index in [9.17, 15) is 19.2 Å². The van der Waals surface area contributed by atoms with Gasteiger partial charge in [-0.1, -0.05) is 0 Å². The van der Waals surface area contributed by atoms with Crippen LogP contribution in [0, 0.1) is 0 Å². The quantitative estimate of drug-likeness (QED) is 0.171. The van der Waals surface area contributed by atoms with Crippen LogP contribution in [0.1, 0.15) is 45.4 Å². The number of hydrogen-bond acceptors (Lipinski definition) is 8. The third-order valence-corrected chi connectivity index (χ3v) is 5.24. The summed E-state index contributed by atoms with van der Waals surface area (Å²) in [5.74, 6) is -2.16. The minimum atomic E-state index is -1.06. The van der Waals surface area contributed by atoms with Gasteiger partial charge in [0.2, 0.25) is 17.7 Å². The number of nitrogens with two attached hydrogens (primary N) is 1. The fourth-order valence-electron chi connectivity index (χ4n) is 3.46. The van der Waals surface area contributed by atoms with Gasteiger partial charge in [0, 0.05) is 39.6 Å². The topological polar surface area (TPSA) is 170 Å². The van der Waals surface area contributed by atoms with Gasteiger partial charge in [-0.25, -0.2) is 0 Å². The maximum atomic E-state index is 12.6. The van der Waals surface area contributed by atoms with Crippen molar-refractivity contribution in [2.24, 2.45) is 5.73 Å². The number of nitrogens with one attached hydrogen (secondary N) is 2. The van der Waals surface area contributed by atoms with E-state index < -0.39 is 29.9 Å². The summed E-state index contributed by atoms with van der Waals surface area (Å²) in [4.78, 5) is 49.3. The zero-order chi connectivity index (χ0) is 25.2. The lowest BCUT2D eigenvalue weighted by Crippen LogP contribution is -2.53. The zero-order valence-electron chi connectivity index (χ0n) is 20.1. The number of amides is 3. The van der Waals surface area contributed by atoms with E-state index in [0.717, 1.165) is 6.42 Å². The maximum Gasteiger partial charge on any atom is 0.303 e. The smallest absolute Gasteiger partial charge is 0.303 e. The molecule has 0 aromatic carbocycles. The lowest BCUT2D eigenvalue weighted by molar-refractivity contribution is -0.139. The molecule has 12 nitrogen and oxygen atoms in total. The largest absolute Gasteiger partial charge is 0.481 e.